The van der Waals surface area contributed by atoms with Crippen LogP contribution in [0.5, 0.6) is 0 Å². The van der Waals surface area contributed by atoms with Crippen LogP contribution in [0.25, 0.3) is 0 Å². The predicted octanol–water partition coefficient (Wildman–Crippen LogP) is 6.53. The maximum absolute atomic E-state index is 13.4. The molecule has 1 fully saturated rings. The lowest BCUT2D eigenvalue weighted by Crippen LogP contribution is -2.55. The SMILES string of the molecule is CC(=O)O[C@@H](CCC1C(=O)N(c2ccc(I)cc2)[C@@H]1c1ccc(C)cc1)c1ccc(F)cc1. The van der Waals surface area contributed by atoms with Gasteiger partial charge in [-0.25, -0.2) is 4.39 Å². The summed E-state index contributed by atoms with van der Waals surface area (Å²) in [6.07, 6.45) is 0.500. The van der Waals surface area contributed by atoms with Crippen LogP contribution in [0.15, 0.2) is 72.8 Å². The number of amides is 1. The van der Waals surface area contributed by atoms with Crippen molar-refractivity contribution in [1.82, 2.24) is 0 Å². The average molecular weight is 557 g/mol. The molecule has 1 amide bonds. The van der Waals surface area contributed by atoms with E-state index in [-0.39, 0.29) is 23.7 Å². The van der Waals surface area contributed by atoms with E-state index < -0.39 is 12.1 Å². The van der Waals surface area contributed by atoms with Crippen molar-refractivity contribution >= 4 is 40.2 Å². The Bertz CT molecular complexity index is 1130. The lowest BCUT2D eigenvalue weighted by atomic mass is 9.78. The van der Waals surface area contributed by atoms with E-state index >= 15 is 0 Å². The molecule has 3 aromatic rings. The van der Waals surface area contributed by atoms with Gasteiger partial charge in [0.1, 0.15) is 11.9 Å². The Labute approximate surface area is 206 Å². The van der Waals surface area contributed by atoms with E-state index in [0.717, 1.165) is 25.9 Å². The molecule has 0 aromatic heterocycles. The van der Waals surface area contributed by atoms with Crippen LogP contribution in [0.3, 0.4) is 0 Å². The molecule has 0 bridgehead atoms. The molecule has 1 aliphatic rings. The van der Waals surface area contributed by atoms with Gasteiger partial charge in [0.05, 0.1) is 12.0 Å². The van der Waals surface area contributed by atoms with Gasteiger partial charge in [0, 0.05) is 16.2 Å². The van der Waals surface area contributed by atoms with Gasteiger partial charge in [-0.15, -0.1) is 0 Å². The first-order valence-corrected chi connectivity index (χ1v) is 12.0. The maximum Gasteiger partial charge on any atom is 0.303 e. The fourth-order valence-electron chi connectivity index (χ4n) is 4.37. The van der Waals surface area contributed by atoms with E-state index in [1.807, 2.05) is 36.1 Å². The highest BCUT2D eigenvalue weighted by Crippen LogP contribution is 2.46. The van der Waals surface area contributed by atoms with Crippen LogP contribution in [-0.4, -0.2) is 11.9 Å². The normalized spacial score (nSPS) is 18.5. The molecular formula is C27H25FINO3. The van der Waals surface area contributed by atoms with E-state index in [9.17, 15) is 14.0 Å². The first kappa shape index (κ1) is 23.4. The Morgan fingerprint density at radius 1 is 1.03 bits per heavy atom. The van der Waals surface area contributed by atoms with E-state index in [2.05, 4.69) is 46.9 Å². The molecule has 0 spiro atoms. The zero-order valence-corrected chi connectivity index (χ0v) is 20.7. The van der Waals surface area contributed by atoms with Crippen molar-refractivity contribution in [2.45, 2.75) is 38.8 Å². The topological polar surface area (TPSA) is 46.6 Å². The Morgan fingerprint density at radius 3 is 2.27 bits per heavy atom. The summed E-state index contributed by atoms with van der Waals surface area (Å²) in [6, 6.07) is 22.1. The van der Waals surface area contributed by atoms with Crippen molar-refractivity contribution < 1.29 is 18.7 Å². The molecule has 1 aliphatic heterocycles. The van der Waals surface area contributed by atoms with Gasteiger partial charge in [-0.05, 0) is 89.9 Å². The van der Waals surface area contributed by atoms with E-state index in [1.165, 1.54) is 19.1 Å². The number of benzene rings is 3. The number of carbonyl (C=O) groups excluding carboxylic acids is 2. The molecule has 0 N–H and O–H groups in total. The third kappa shape index (κ3) is 5.27. The van der Waals surface area contributed by atoms with E-state index in [4.69, 9.17) is 4.74 Å². The van der Waals surface area contributed by atoms with Crippen molar-refractivity contribution in [3.63, 3.8) is 0 Å². The predicted molar refractivity (Wildman–Crippen MR) is 134 cm³/mol. The number of esters is 1. The van der Waals surface area contributed by atoms with E-state index in [1.54, 1.807) is 12.1 Å². The van der Waals surface area contributed by atoms with E-state index in [0.29, 0.717) is 12.8 Å². The number of ether oxygens (including phenoxy) is 1. The number of β-lactam (4-membered cyclic amide) rings is 1. The number of anilines is 1. The highest BCUT2D eigenvalue weighted by Gasteiger charge is 2.48. The fourth-order valence-corrected chi connectivity index (χ4v) is 4.73. The summed E-state index contributed by atoms with van der Waals surface area (Å²) in [6.45, 7) is 3.40. The summed E-state index contributed by atoms with van der Waals surface area (Å²) >= 11 is 2.25. The molecule has 0 saturated carbocycles. The molecule has 1 heterocycles. The maximum atomic E-state index is 13.4. The zero-order chi connectivity index (χ0) is 23.5. The van der Waals surface area contributed by atoms with Gasteiger partial charge < -0.3 is 9.64 Å². The van der Waals surface area contributed by atoms with Crippen molar-refractivity contribution in [3.05, 3.63) is 98.9 Å². The lowest BCUT2D eigenvalue weighted by molar-refractivity contribution is -0.147. The number of hydrogen-bond acceptors (Lipinski definition) is 3. The highest BCUT2D eigenvalue weighted by atomic mass is 127. The van der Waals surface area contributed by atoms with Crippen molar-refractivity contribution in [1.29, 1.82) is 0 Å². The quantitative estimate of drug-likeness (QED) is 0.189. The van der Waals surface area contributed by atoms with Crippen molar-refractivity contribution in [2.75, 3.05) is 4.90 Å². The molecule has 6 heteroatoms. The second-order valence-corrected chi connectivity index (χ2v) is 9.62. The van der Waals surface area contributed by atoms with Crippen LogP contribution in [0.2, 0.25) is 0 Å². The molecule has 1 saturated heterocycles. The number of hydrogen-bond donors (Lipinski definition) is 0. The smallest absolute Gasteiger partial charge is 0.303 e. The van der Waals surface area contributed by atoms with Crippen LogP contribution in [-0.2, 0) is 14.3 Å². The van der Waals surface area contributed by atoms with Gasteiger partial charge in [0.15, 0.2) is 0 Å². The van der Waals surface area contributed by atoms with Gasteiger partial charge >= 0.3 is 5.97 Å². The Hall–Kier alpha value is -2.74. The van der Waals surface area contributed by atoms with Crippen LogP contribution in [0, 0.1) is 22.2 Å². The molecule has 4 rings (SSSR count). The van der Waals surface area contributed by atoms with Crippen LogP contribution in [0.1, 0.15) is 48.6 Å². The largest absolute Gasteiger partial charge is 0.458 e. The number of halogens is 2. The lowest BCUT2D eigenvalue weighted by Gasteiger charge is -2.48. The second kappa shape index (κ2) is 10.0. The fraction of sp³-hybridized carbons (Fsp3) is 0.259. The molecule has 4 nitrogen and oxygen atoms in total. The summed E-state index contributed by atoms with van der Waals surface area (Å²) in [5, 5.41) is 0. The highest BCUT2D eigenvalue weighted by molar-refractivity contribution is 14.1. The number of aryl methyl sites for hydroxylation is 1. The zero-order valence-electron chi connectivity index (χ0n) is 18.5. The minimum Gasteiger partial charge on any atom is -0.458 e. The van der Waals surface area contributed by atoms with Gasteiger partial charge in [0.25, 0.3) is 0 Å². The third-order valence-corrected chi connectivity index (χ3v) is 6.75. The minimum atomic E-state index is -0.526. The second-order valence-electron chi connectivity index (χ2n) is 8.37. The van der Waals surface area contributed by atoms with Crippen molar-refractivity contribution in [3.8, 4) is 0 Å². The Balaban J connectivity index is 1.58. The Kier molecular flexibility index (Phi) is 7.12. The number of carbonyl (C=O) groups is 2. The molecule has 3 aromatic carbocycles. The van der Waals surface area contributed by atoms with Gasteiger partial charge in [-0.3, -0.25) is 9.59 Å². The van der Waals surface area contributed by atoms with Crippen molar-refractivity contribution in [2.24, 2.45) is 5.92 Å². The summed E-state index contributed by atoms with van der Waals surface area (Å²) in [5.74, 6) is -0.921. The summed E-state index contributed by atoms with van der Waals surface area (Å²) < 4.78 is 20.0. The van der Waals surface area contributed by atoms with Crippen LogP contribution >= 0.6 is 22.6 Å². The standard InChI is InChI=1S/C27H25FINO3/c1-17-3-5-20(6-4-17)26-24(27(32)30(26)23-13-11-22(29)12-14-23)15-16-25(33-18(2)31)19-7-9-21(28)10-8-19/h3-14,24-26H,15-16H2,1-2H3/t24?,25-,26+/m0/s1. The van der Waals surface area contributed by atoms with Gasteiger partial charge in [-0.2, -0.15) is 0 Å². The van der Waals surface area contributed by atoms with Crippen LogP contribution in [0.4, 0.5) is 10.1 Å². The molecule has 33 heavy (non-hydrogen) atoms. The molecule has 3 atom stereocenters. The number of rotatable bonds is 7. The molecule has 1 unspecified atom stereocenters. The summed E-state index contributed by atoms with van der Waals surface area (Å²) in [4.78, 5) is 26.8. The molecule has 0 aliphatic carbocycles. The molecular weight excluding hydrogens is 532 g/mol. The van der Waals surface area contributed by atoms with Crippen LogP contribution < -0.4 is 4.90 Å². The minimum absolute atomic E-state index is 0.0578. The third-order valence-electron chi connectivity index (χ3n) is 6.03. The monoisotopic (exact) mass is 557 g/mol. The van der Waals surface area contributed by atoms with Gasteiger partial charge in [-0.1, -0.05) is 42.0 Å². The summed E-state index contributed by atoms with van der Waals surface area (Å²) in [5.41, 5.74) is 3.83. The Morgan fingerprint density at radius 2 is 1.67 bits per heavy atom. The molecule has 0 radical (unpaired) electrons. The summed E-state index contributed by atoms with van der Waals surface area (Å²) in [7, 11) is 0. The first-order valence-electron chi connectivity index (χ1n) is 10.9. The first-order chi connectivity index (χ1) is 15.8. The molecule has 170 valence electrons. The van der Waals surface area contributed by atoms with Gasteiger partial charge in [0.2, 0.25) is 5.91 Å². The average Bonchev–Trinajstić information content (AvgIpc) is 2.79. The number of nitrogens with zero attached hydrogens (tertiary/aromatic N) is 1.